The fraction of sp³-hybridized carbons (Fsp3) is 0. The molecule has 0 aliphatic heterocycles. The average Bonchev–Trinajstić information content (AvgIpc) is 1.12. The topological polar surface area (TPSA) is 149 Å². The Morgan fingerprint density at radius 1 is 1.09 bits per heavy atom. The third kappa shape index (κ3) is 435. The molecule has 0 rings (SSSR count). The molecule has 66 valence electrons. The Morgan fingerprint density at radius 2 is 1.09 bits per heavy atom. The van der Waals surface area contributed by atoms with Crippen LogP contribution in [-0.2, 0) is 31.6 Å². The minimum atomic E-state index is -5.25. The van der Waals surface area contributed by atoms with Gasteiger partial charge in [-0.05, 0) is 0 Å². The molecule has 0 aliphatic carbocycles. The second-order valence-corrected chi connectivity index (χ2v) is 3.19. The van der Waals surface area contributed by atoms with Crippen LogP contribution in [-0.4, -0.2) is 25.8 Å². The molecule has 0 spiro atoms. The molecular weight excluding hydrogens is 251 g/mol. The first-order valence-electron chi connectivity index (χ1n) is 1.40. The zero-order valence-electron chi connectivity index (χ0n) is 6.24. The Bertz CT molecular complexity index is 215. The van der Waals surface area contributed by atoms with Crippen LogP contribution in [0.3, 0.4) is 0 Å². The standard InChI is InChI=1S/Cr.K.H2O4S.2H2O.2O.H/c;;1-5(2,3)4;;;;;/h;;(H2,1,2,3,4);2*1H2;;;/q+2;+1;;;;;;-1/p-2. The second-order valence-electron chi connectivity index (χ2n) is 0.896. The zero-order chi connectivity index (χ0) is 9.00. The van der Waals surface area contributed by atoms with E-state index >= 15 is 0 Å². The van der Waals surface area contributed by atoms with Crippen LogP contribution in [0.15, 0.2) is 0 Å². The van der Waals surface area contributed by atoms with Gasteiger partial charge in [0.15, 0.2) is 0 Å². The summed E-state index contributed by atoms with van der Waals surface area (Å²) in [5.74, 6) is 0. The summed E-state index contributed by atoms with van der Waals surface area (Å²) in [6.07, 6.45) is 0. The van der Waals surface area contributed by atoms with Crippen molar-refractivity contribution in [1.29, 1.82) is 0 Å². The third-order valence-corrected chi connectivity index (χ3v) is 0. The van der Waals surface area contributed by atoms with E-state index in [0.717, 1.165) is 0 Å². The maximum atomic E-state index is 8.82. The molecule has 0 radical (unpaired) electrons. The van der Waals surface area contributed by atoms with Crippen LogP contribution in [0.5, 0.6) is 0 Å². The Balaban J connectivity index is -0.0000000457. The first kappa shape index (κ1) is 18.4. The summed E-state index contributed by atoms with van der Waals surface area (Å²) >= 11 is -5.25. The minimum absolute atomic E-state index is 0. The van der Waals surface area contributed by atoms with E-state index < -0.39 is 24.0 Å². The van der Waals surface area contributed by atoms with Gasteiger partial charge in [0.05, 0.1) is 0 Å². The van der Waals surface area contributed by atoms with Gasteiger partial charge in [-0.25, -0.2) is 0 Å². The summed E-state index contributed by atoms with van der Waals surface area (Å²) in [6.45, 7) is 0. The van der Waals surface area contributed by atoms with Gasteiger partial charge in [-0.2, -0.15) is 8.42 Å². The van der Waals surface area contributed by atoms with Gasteiger partial charge >= 0.3 is 91.3 Å². The molecule has 4 N–H and O–H groups in total. The van der Waals surface area contributed by atoms with Gasteiger partial charge in [-0.3, -0.25) is 9.11 Å². The van der Waals surface area contributed by atoms with Crippen LogP contribution < -0.4 is 51.4 Å². The quantitative estimate of drug-likeness (QED) is 0.249. The average molecular weight is 256 g/mol. The van der Waals surface area contributed by atoms with E-state index in [2.05, 4.69) is 0 Å². The maximum absolute atomic E-state index is 8.82. The van der Waals surface area contributed by atoms with E-state index in [1.54, 1.807) is 0 Å². The fourth-order valence-electron chi connectivity index (χ4n) is 0. The summed E-state index contributed by atoms with van der Waals surface area (Å²) in [7, 11) is -4.67. The van der Waals surface area contributed by atoms with Gasteiger partial charge in [0.25, 0.3) is 0 Å². The molecule has 0 aromatic carbocycles. The summed E-state index contributed by atoms with van der Waals surface area (Å²) in [4.78, 5) is 0. The third-order valence-electron chi connectivity index (χ3n) is 0. The molecule has 0 aliphatic rings. The van der Waals surface area contributed by atoms with Crippen molar-refractivity contribution in [3.8, 4) is 0 Å². The Kier molecular flexibility index (Phi) is 11.7. The van der Waals surface area contributed by atoms with E-state index in [-0.39, 0.29) is 52.8 Å². The SMILES string of the molecule is O=S(=O)(O)O.[H-].[K+].[O]=[Cr](=[O])([OH])[OH]. The predicted molar refractivity (Wildman–Crippen MR) is 21.1 cm³/mol. The summed E-state index contributed by atoms with van der Waals surface area (Å²) in [5, 5.41) is 0. The van der Waals surface area contributed by atoms with Crippen molar-refractivity contribution < 1.29 is 99.9 Å². The van der Waals surface area contributed by atoms with Crippen LogP contribution >= 0.6 is 0 Å². The molecule has 0 bridgehead atoms. The molecule has 0 aromatic rings. The molecular formula is H5CrKO8S. The van der Waals surface area contributed by atoms with Crippen LogP contribution in [0.4, 0.5) is 0 Å². The monoisotopic (exact) mass is 256 g/mol. The molecule has 0 aromatic heterocycles. The van der Waals surface area contributed by atoms with Gasteiger partial charge < -0.3 is 1.43 Å². The van der Waals surface area contributed by atoms with Crippen LogP contribution in [0.2, 0.25) is 0 Å². The van der Waals surface area contributed by atoms with E-state index in [1.165, 1.54) is 0 Å². The van der Waals surface area contributed by atoms with E-state index in [4.69, 9.17) is 33.4 Å². The van der Waals surface area contributed by atoms with Gasteiger partial charge in [0.2, 0.25) is 0 Å². The van der Waals surface area contributed by atoms with Crippen molar-refractivity contribution in [2.24, 2.45) is 0 Å². The predicted octanol–water partition coefficient (Wildman–Crippen LogP) is -4.89. The normalized spacial score (nSPS) is 10.5. The second kappa shape index (κ2) is 7.01. The van der Waals surface area contributed by atoms with E-state index in [9.17, 15) is 0 Å². The van der Waals surface area contributed by atoms with Gasteiger partial charge in [-0.1, -0.05) is 0 Å². The summed E-state index contributed by atoms with van der Waals surface area (Å²) in [6, 6.07) is 0. The summed E-state index contributed by atoms with van der Waals surface area (Å²) in [5.41, 5.74) is 0. The van der Waals surface area contributed by atoms with Crippen molar-refractivity contribution in [3.05, 3.63) is 0 Å². The molecule has 0 saturated carbocycles. The van der Waals surface area contributed by atoms with Crippen molar-refractivity contribution in [2.45, 2.75) is 0 Å². The van der Waals surface area contributed by atoms with Crippen molar-refractivity contribution in [3.63, 3.8) is 0 Å². The van der Waals surface area contributed by atoms with Crippen LogP contribution in [0.25, 0.3) is 0 Å². The Labute approximate surface area is 108 Å². The Hall–Kier alpha value is 1.56. The summed E-state index contributed by atoms with van der Waals surface area (Å²) < 4.78 is 63.5. The first-order valence-corrected chi connectivity index (χ1v) is 4.98. The number of hydrogen-bond donors (Lipinski definition) is 4. The van der Waals surface area contributed by atoms with E-state index in [0.29, 0.717) is 0 Å². The number of hydrogen-bond acceptors (Lipinski definition) is 4. The molecule has 0 saturated heterocycles. The van der Waals surface area contributed by atoms with Gasteiger partial charge in [-0.15, -0.1) is 0 Å². The number of rotatable bonds is 0. The molecule has 11 heavy (non-hydrogen) atoms. The molecule has 0 heterocycles. The van der Waals surface area contributed by atoms with Crippen LogP contribution in [0.1, 0.15) is 1.43 Å². The Morgan fingerprint density at radius 3 is 1.09 bits per heavy atom. The fourth-order valence-corrected chi connectivity index (χ4v) is 0. The molecule has 0 atom stereocenters. The van der Waals surface area contributed by atoms with Crippen molar-refractivity contribution >= 4 is 10.4 Å². The molecule has 8 nitrogen and oxygen atoms in total. The van der Waals surface area contributed by atoms with Gasteiger partial charge in [0, 0.05) is 0 Å². The first-order chi connectivity index (χ1) is 4.00. The zero-order valence-corrected chi connectivity index (χ0v) is 10.5. The van der Waals surface area contributed by atoms with Crippen molar-refractivity contribution in [2.75, 3.05) is 0 Å². The molecule has 0 amide bonds. The molecule has 0 fully saturated rings. The molecule has 0 unspecified atom stereocenters. The van der Waals surface area contributed by atoms with Gasteiger partial charge in [0.1, 0.15) is 0 Å². The van der Waals surface area contributed by atoms with E-state index in [1.807, 2.05) is 0 Å². The molecule has 11 heteroatoms. The van der Waals surface area contributed by atoms with Crippen LogP contribution in [0, 0.1) is 0 Å². The van der Waals surface area contributed by atoms with Crippen molar-refractivity contribution in [1.82, 2.24) is 0 Å².